The summed E-state index contributed by atoms with van der Waals surface area (Å²) < 4.78 is 48.2. The summed E-state index contributed by atoms with van der Waals surface area (Å²) in [5.74, 6) is 0.453. The van der Waals surface area contributed by atoms with E-state index in [-0.39, 0.29) is 38.1 Å². The molecule has 2 aromatic carbocycles. The molecular formula is C25H30Cl3NO7S. The van der Waals surface area contributed by atoms with E-state index in [1.54, 1.807) is 12.1 Å². The van der Waals surface area contributed by atoms with E-state index in [2.05, 4.69) is 11.8 Å². The lowest BCUT2D eigenvalue weighted by Gasteiger charge is -2.29. The fraction of sp³-hybridized carbons (Fsp3) is 0.480. The van der Waals surface area contributed by atoms with Gasteiger partial charge in [0.2, 0.25) is 9.84 Å². The van der Waals surface area contributed by atoms with E-state index in [1.165, 1.54) is 31.2 Å². The molecule has 1 saturated heterocycles. The van der Waals surface area contributed by atoms with E-state index in [0.29, 0.717) is 18.3 Å². The maximum absolute atomic E-state index is 13.2. The third-order valence-electron chi connectivity index (χ3n) is 5.54. The smallest absolute Gasteiger partial charge is 0.303 e. The number of halogens is 3. The fourth-order valence-electron chi connectivity index (χ4n) is 3.72. The monoisotopic (exact) mass is 593 g/mol. The average Bonchev–Trinajstić information content (AvgIpc) is 2.86. The predicted octanol–water partition coefficient (Wildman–Crippen LogP) is 4.72. The molecule has 204 valence electrons. The molecule has 2 unspecified atom stereocenters. The second-order valence-electron chi connectivity index (χ2n) is 8.72. The summed E-state index contributed by atoms with van der Waals surface area (Å²) in [6.45, 7) is 8.03. The van der Waals surface area contributed by atoms with Crippen LogP contribution >= 0.6 is 34.8 Å². The molecule has 2 atom stereocenters. The first-order valence-corrected chi connectivity index (χ1v) is 14.5. The van der Waals surface area contributed by atoms with E-state index in [9.17, 15) is 13.2 Å². The first-order chi connectivity index (χ1) is 17.6. The van der Waals surface area contributed by atoms with Crippen LogP contribution in [0.1, 0.15) is 13.8 Å². The lowest BCUT2D eigenvalue weighted by atomic mass is 10.2. The van der Waals surface area contributed by atoms with Crippen LogP contribution in [0, 0.1) is 5.92 Å². The third kappa shape index (κ3) is 8.63. The van der Waals surface area contributed by atoms with E-state index in [1.807, 2.05) is 0 Å². The highest BCUT2D eigenvalue weighted by molar-refractivity contribution is 7.91. The Labute approximate surface area is 232 Å². The van der Waals surface area contributed by atoms with Gasteiger partial charge in [-0.15, -0.1) is 11.6 Å². The van der Waals surface area contributed by atoms with Crippen LogP contribution < -0.4 is 9.47 Å². The number of hydrogen-bond acceptors (Lipinski definition) is 8. The van der Waals surface area contributed by atoms with Crippen molar-refractivity contribution in [2.24, 2.45) is 5.92 Å². The summed E-state index contributed by atoms with van der Waals surface area (Å²) in [7, 11) is -3.91. The summed E-state index contributed by atoms with van der Waals surface area (Å²) in [6, 6.07) is 8.73. The molecule has 12 heteroatoms. The summed E-state index contributed by atoms with van der Waals surface area (Å²) in [6.07, 6.45) is -0.710. The third-order valence-corrected chi connectivity index (χ3v) is 8.20. The molecule has 1 heterocycles. The van der Waals surface area contributed by atoms with Crippen molar-refractivity contribution in [2.75, 3.05) is 51.9 Å². The Morgan fingerprint density at radius 3 is 2.22 bits per heavy atom. The first-order valence-electron chi connectivity index (χ1n) is 11.7. The zero-order chi connectivity index (χ0) is 27.0. The minimum absolute atomic E-state index is 0.00330. The predicted molar refractivity (Wildman–Crippen MR) is 142 cm³/mol. The van der Waals surface area contributed by atoms with Crippen LogP contribution in [0.3, 0.4) is 0 Å². The second kappa shape index (κ2) is 13.9. The van der Waals surface area contributed by atoms with Crippen LogP contribution in [0.25, 0.3) is 0 Å². The molecule has 0 bridgehead atoms. The number of morpholine rings is 1. The number of hydrogen-bond donors (Lipinski definition) is 0. The number of benzene rings is 2. The molecule has 2 aromatic rings. The number of alkyl halides is 1. The van der Waals surface area contributed by atoms with Crippen LogP contribution in [0.2, 0.25) is 10.0 Å². The zero-order valence-electron chi connectivity index (χ0n) is 20.6. The standard InChI is InChI=1S/C25H30Cl3NO7S/c1-17(14-29-7-9-33-10-8-29)15-34-19-3-5-21(6-4-19)37(31,32)22-11-23(27)25(24(28)12-22)35-16-20(13-26)36-18(2)30/h3-6,11-12,17,20H,7-10,13-16H2,1-2H3. The van der Waals surface area contributed by atoms with E-state index < -0.39 is 21.9 Å². The number of carbonyl (C=O) groups is 1. The van der Waals surface area contributed by atoms with Crippen molar-refractivity contribution < 1.29 is 32.2 Å². The van der Waals surface area contributed by atoms with Crippen molar-refractivity contribution >= 4 is 50.6 Å². The Kier molecular flexibility index (Phi) is 11.2. The summed E-state index contributed by atoms with van der Waals surface area (Å²) >= 11 is 18.3. The average molecular weight is 595 g/mol. The topological polar surface area (TPSA) is 91.4 Å². The molecule has 0 aromatic heterocycles. The molecule has 0 N–H and O–H groups in total. The number of nitrogens with zero attached hydrogens (tertiary/aromatic N) is 1. The van der Waals surface area contributed by atoms with Gasteiger partial charge in [0.15, 0.2) is 5.75 Å². The Morgan fingerprint density at radius 1 is 1.03 bits per heavy atom. The van der Waals surface area contributed by atoms with Gasteiger partial charge in [-0.3, -0.25) is 9.69 Å². The van der Waals surface area contributed by atoms with Gasteiger partial charge in [-0.05, 0) is 36.4 Å². The van der Waals surface area contributed by atoms with Crippen LogP contribution in [-0.4, -0.2) is 77.3 Å². The van der Waals surface area contributed by atoms with Gasteiger partial charge >= 0.3 is 5.97 Å². The highest BCUT2D eigenvalue weighted by Crippen LogP contribution is 2.37. The molecule has 3 rings (SSSR count). The van der Waals surface area contributed by atoms with Gasteiger partial charge in [-0.25, -0.2) is 8.42 Å². The Bertz CT molecular complexity index is 1130. The largest absolute Gasteiger partial charge is 0.493 e. The number of ether oxygens (including phenoxy) is 4. The normalized spacial score (nSPS) is 16.1. The zero-order valence-corrected chi connectivity index (χ0v) is 23.7. The van der Waals surface area contributed by atoms with Gasteiger partial charge in [-0.2, -0.15) is 0 Å². The number of esters is 1. The quantitative estimate of drug-likeness (QED) is 0.258. The molecule has 0 spiro atoms. The number of rotatable bonds is 12. The maximum Gasteiger partial charge on any atom is 0.303 e. The number of sulfone groups is 1. The van der Waals surface area contributed by atoms with Crippen LogP contribution in [0.5, 0.6) is 11.5 Å². The van der Waals surface area contributed by atoms with Crippen molar-refractivity contribution in [1.82, 2.24) is 4.90 Å². The molecule has 0 saturated carbocycles. The molecule has 1 fully saturated rings. The Hall–Kier alpha value is -1.75. The molecule has 0 radical (unpaired) electrons. The van der Waals surface area contributed by atoms with Gasteiger partial charge in [0.25, 0.3) is 0 Å². The van der Waals surface area contributed by atoms with Crippen molar-refractivity contribution in [3.05, 3.63) is 46.4 Å². The van der Waals surface area contributed by atoms with Gasteiger partial charge in [0, 0.05) is 32.5 Å². The highest BCUT2D eigenvalue weighted by Gasteiger charge is 2.23. The minimum Gasteiger partial charge on any atom is -0.493 e. The summed E-state index contributed by atoms with van der Waals surface area (Å²) in [4.78, 5) is 13.5. The van der Waals surface area contributed by atoms with Gasteiger partial charge < -0.3 is 18.9 Å². The van der Waals surface area contributed by atoms with E-state index in [4.69, 9.17) is 53.8 Å². The molecule has 0 aliphatic carbocycles. The fourth-order valence-corrected chi connectivity index (χ4v) is 5.91. The Morgan fingerprint density at radius 2 is 1.65 bits per heavy atom. The van der Waals surface area contributed by atoms with E-state index in [0.717, 1.165) is 32.8 Å². The number of carbonyl (C=O) groups excluding carboxylic acids is 1. The molecule has 1 aliphatic heterocycles. The molecule has 1 aliphatic rings. The van der Waals surface area contributed by atoms with Crippen molar-refractivity contribution in [3.8, 4) is 11.5 Å². The molecule has 0 amide bonds. The van der Waals surface area contributed by atoms with Crippen LogP contribution in [0.4, 0.5) is 0 Å². The van der Waals surface area contributed by atoms with Gasteiger partial charge in [-0.1, -0.05) is 30.1 Å². The van der Waals surface area contributed by atoms with Crippen LogP contribution in [-0.2, 0) is 24.1 Å². The van der Waals surface area contributed by atoms with Crippen LogP contribution in [0.15, 0.2) is 46.2 Å². The van der Waals surface area contributed by atoms with Crippen molar-refractivity contribution in [1.29, 1.82) is 0 Å². The molecular weight excluding hydrogens is 565 g/mol. The van der Waals surface area contributed by atoms with Crippen molar-refractivity contribution in [2.45, 2.75) is 29.7 Å². The SMILES string of the molecule is CC(=O)OC(CCl)COc1c(Cl)cc(S(=O)(=O)c2ccc(OCC(C)CN3CCOCC3)cc2)cc1Cl. The molecule has 37 heavy (non-hydrogen) atoms. The maximum atomic E-state index is 13.2. The summed E-state index contributed by atoms with van der Waals surface area (Å²) in [5, 5.41) is -0.00661. The second-order valence-corrected chi connectivity index (χ2v) is 11.8. The lowest BCUT2D eigenvalue weighted by Crippen LogP contribution is -2.39. The van der Waals surface area contributed by atoms with Crippen molar-refractivity contribution in [3.63, 3.8) is 0 Å². The van der Waals surface area contributed by atoms with Gasteiger partial charge in [0.1, 0.15) is 18.5 Å². The van der Waals surface area contributed by atoms with E-state index >= 15 is 0 Å². The molecule has 8 nitrogen and oxygen atoms in total. The van der Waals surface area contributed by atoms with Gasteiger partial charge in [0.05, 0.1) is 45.5 Å². The first kappa shape index (κ1) is 29.8. The Balaban J connectivity index is 1.63. The summed E-state index contributed by atoms with van der Waals surface area (Å²) in [5.41, 5.74) is 0. The lowest BCUT2D eigenvalue weighted by molar-refractivity contribution is -0.146. The highest BCUT2D eigenvalue weighted by atomic mass is 35.5. The minimum atomic E-state index is -3.91.